The highest BCUT2D eigenvalue weighted by molar-refractivity contribution is 4.95. The van der Waals surface area contributed by atoms with Crippen LogP contribution in [0.1, 0.15) is 31.9 Å². The van der Waals surface area contributed by atoms with Gasteiger partial charge in [-0.1, -0.05) is 19.8 Å². The molecule has 14 heavy (non-hydrogen) atoms. The predicted molar refractivity (Wildman–Crippen MR) is 48.0 cm³/mol. The summed E-state index contributed by atoms with van der Waals surface area (Å²) in [6.07, 6.45) is 6.85. The van der Waals surface area contributed by atoms with Crippen molar-refractivity contribution in [1.82, 2.24) is 9.71 Å². The number of hydrogen-bond acceptors (Lipinski definition) is 2. The van der Waals surface area contributed by atoms with E-state index in [1.807, 2.05) is 0 Å². The number of imidazole rings is 1. The molecule has 0 unspecified atom stereocenters. The molecule has 0 radical (unpaired) electrons. The minimum Gasteiger partial charge on any atom is -0.343 e. The summed E-state index contributed by atoms with van der Waals surface area (Å²) in [4.78, 5) is 8.07. The van der Waals surface area contributed by atoms with Crippen molar-refractivity contribution < 1.29 is 13.6 Å². The molecule has 0 aromatic carbocycles. The summed E-state index contributed by atoms with van der Waals surface area (Å²) in [5.74, 6) is 0. The monoisotopic (exact) mass is 204 g/mol. The number of halogens is 2. The fourth-order valence-electron chi connectivity index (χ4n) is 1.18. The minimum absolute atomic E-state index is 0.791. The predicted octanol–water partition coefficient (Wildman–Crippen LogP) is 2.27. The number of aryl methyl sites for hydroxylation is 1. The maximum atomic E-state index is 11.8. The Morgan fingerprint density at radius 2 is 2.29 bits per heavy atom. The second kappa shape index (κ2) is 5.57. The Kier molecular flexibility index (Phi) is 4.35. The van der Waals surface area contributed by atoms with E-state index in [0.29, 0.717) is 0 Å². The van der Waals surface area contributed by atoms with Crippen molar-refractivity contribution in [2.45, 2.75) is 39.2 Å². The van der Waals surface area contributed by atoms with Crippen LogP contribution in [0.2, 0.25) is 0 Å². The summed E-state index contributed by atoms with van der Waals surface area (Å²) in [7, 11) is 0. The van der Waals surface area contributed by atoms with E-state index >= 15 is 0 Å². The van der Waals surface area contributed by atoms with Gasteiger partial charge in [-0.05, 0) is 12.8 Å². The third-order valence-corrected chi connectivity index (χ3v) is 1.85. The molecular weight excluding hydrogens is 190 g/mol. The van der Waals surface area contributed by atoms with Crippen LogP contribution >= 0.6 is 0 Å². The van der Waals surface area contributed by atoms with Gasteiger partial charge in [0.1, 0.15) is 6.33 Å². The molecule has 1 aromatic rings. The summed E-state index contributed by atoms with van der Waals surface area (Å²) in [6.45, 7) is -0.689. The molecule has 1 rings (SSSR count). The maximum absolute atomic E-state index is 11.8. The minimum atomic E-state index is -2.80. The topological polar surface area (TPSA) is 27.1 Å². The highest BCUT2D eigenvalue weighted by Gasteiger charge is 2.04. The molecule has 1 heterocycles. The first kappa shape index (κ1) is 10.9. The summed E-state index contributed by atoms with van der Waals surface area (Å²) in [5, 5.41) is 0. The molecule has 0 aliphatic carbocycles. The zero-order valence-corrected chi connectivity index (χ0v) is 8.12. The molecule has 1 aromatic heterocycles. The maximum Gasteiger partial charge on any atom is 0.405 e. The highest BCUT2D eigenvalue weighted by atomic mass is 19.3. The number of unbranched alkanes of at least 4 members (excludes halogenated alkanes) is 2. The molecule has 0 saturated heterocycles. The zero-order chi connectivity index (χ0) is 10.4. The van der Waals surface area contributed by atoms with Gasteiger partial charge in [-0.3, -0.25) is 0 Å². The Labute approximate surface area is 81.7 Å². The van der Waals surface area contributed by atoms with Crippen LogP contribution in [0.25, 0.3) is 0 Å². The lowest BCUT2D eigenvalue weighted by Gasteiger charge is -2.01. The molecule has 3 nitrogen and oxygen atoms in total. The van der Waals surface area contributed by atoms with Gasteiger partial charge < -0.3 is 4.84 Å². The average Bonchev–Trinajstić information content (AvgIpc) is 2.52. The molecule has 80 valence electrons. The molecule has 0 aliphatic heterocycles. The lowest BCUT2D eigenvalue weighted by Crippen LogP contribution is -2.14. The van der Waals surface area contributed by atoms with E-state index < -0.39 is 6.61 Å². The van der Waals surface area contributed by atoms with Gasteiger partial charge in [0.2, 0.25) is 0 Å². The van der Waals surface area contributed by atoms with Crippen molar-refractivity contribution >= 4 is 0 Å². The lowest BCUT2D eigenvalue weighted by molar-refractivity contribution is -0.132. The van der Waals surface area contributed by atoms with Gasteiger partial charge >= 0.3 is 6.61 Å². The van der Waals surface area contributed by atoms with Crippen molar-refractivity contribution in [2.75, 3.05) is 0 Å². The van der Waals surface area contributed by atoms with E-state index in [1.165, 1.54) is 12.5 Å². The SMILES string of the molecule is CCCCCc1cn(OC(F)F)cn1. The number of nitrogens with zero attached hydrogens (tertiary/aromatic N) is 2. The van der Waals surface area contributed by atoms with E-state index in [2.05, 4.69) is 16.7 Å². The third-order valence-electron chi connectivity index (χ3n) is 1.85. The summed E-state index contributed by atoms with van der Waals surface area (Å²) in [6, 6.07) is 0. The molecule has 5 heteroatoms. The first-order valence-corrected chi connectivity index (χ1v) is 4.70. The molecule has 0 saturated carbocycles. The van der Waals surface area contributed by atoms with Gasteiger partial charge in [0.05, 0.1) is 11.9 Å². The van der Waals surface area contributed by atoms with E-state index in [4.69, 9.17) is 0 Å². The number of hydrogen-bond donors (Lipinski definition) is 0. The molecule has 0 spiro atoms. The summed E-state index contributed by atoms with van der Waals surface area (Å²) >= 11 is 0. The van der Waals surface area contributed by atoms with Crippen LogP contribution in [0.15, 0.2) is 12.5 Å². The standard InChI is InChI=1S/C9H14F2N2O/c1-2-3-4-5-8-6-13(7-12-8)14-9(10)11/h6-7,9H,2-5H2,1H3. The van der Waals surface area contributed by atoms with E-state index in [-0.39, 0.29) is 0 Å². The van der Waals surface area contributed by atoms with Crippen LogP contribution in [0.5, 0.6) is 0 Å². The Hall–Kier alpha value is -1.13. The van der Waals surface area contributed by atoms with Crippen molar-refractivity contribution in [1.29, 1.82) is 0 Å². The number of aromatic nitrogens is 2. The summed E-state index contributed by atoms with van der Waals surface area (Å²) in [5.41, 5.74) is 0.791. The first-order chi connectivity index (χ1) is 6.72. The third kappa shape index (κ3) is 3.72. The molecule has 0 bridgehead atoms. The largest absolute Gasteiger partial charge is 0.405 e. The Balaban J connectivity index is 2.35. The quantitative estimate of drug-likeness (QED) is 0.664. The van der Waals surface area contributed by atoms with E-state index in [0.717, 1.165) is 36.1 Å². The Morgan fingerprint density at radius 1 is 1.50 bits per heavy atom. The van der Waals surface area contributed by atoms with Crippen LogP contribution in [0.4, 0.5) is 8.78 Å². The van der Waals surface area contributed by atoms with Crippen molar-refractivity contribution in [3.63, 3.8) is 0 Å². The fraction of sp³-hybridized carbons (Fsp3) is 0.667. The smallest absolute Gasteiger partial charge is 0.343 e. The number of alkyl halides is 2. The second-order valence-corrected chi connectivity index (χ2v) is 3.05. The molecule has 0 fully saturated rings. The van der Waals surface area contributed by atoms with Gasteiger partial charge in [0.15, 0.2) is 0 Å². The highest BCUT2D eigenvalue weighted by Crippen LogP contribution is 2.04. The molecule has 0 aliphatic rings. The first-order valence-electron chi connectivity index (χ1n) is 4.70. The van der Waals surface area contributed by atoms with Gasteiger partial charge in [-0.25, -0.2) is 4.98 Å². The molecule has 0 atom stereocenters. The molecule has 0 amide bonds. The van der Waals surface area contributed by atoms with Crippen LogP contribution in [0.3, 0.4) is 0 Å². The van der Waals surface area contributed by atoms with E-state index in [1.54, 1.807) is 0 Å². The lowest BCUT2D eigenvalue weighted by atomic mass is 10.2. The van der Waals surface area contributed by atoms with Gasteiger partial charge in [0, 0.05) is 0 Å². The zero-order valence-electron chi connectivity index (χ0n) is 8.12. The van der Waals surface area contributed by atoms with Crippen LogP contribution in [-0.2, 0) is 6.42 Å². The van der Waals surface area contributed by atoms with Gasteiger partial charge in [0.25, 0.3) is 0 Å². The average molecular weight is 204 g/mol. The normalized spacial score (nSPS) is 10.9. The number of rotatable bonds is 6. The Morgan fingerprint density at radius 3 is 2.93 bits per heavy atom. The second-order valence-electron chi connectivity index (χ2n) is 3.05. The van der Waals surface area contributed by atoms with E-state index in [9.17, 15) is 8.78 Å². The van der Waals surface area contributed by atoms with Gasteiger partial charge in [-0.15, -0.1) is 0 Å². The van der Waals surface area contributed by atoms with Crippen molar-refractivity contribution in [2.24, 2.45) is 0 Å². The van der Waals surface area contributed by atoms with Crippen molar-refractivity contribution in [3.05, 3.63) is 18.2 Å². The molecular formula is C9H14F2N2O. The van der Waals surface area contributed by atoms with Crippen LogP contribution < -0.4 is 4.84 Å². The van der Waals surface area contributed by atoms with Crippen LogP contribution in [0, 0.1) is 0 Å². The van der Waals surface area contributed by atoms with Crippen LogP contribution in [-0.4, -0.2) is 16.3 Å². The van der Waals surface area contributed by atoms with Crippen molar-refractivity contribution in [3.8, 4) is 0 Å². The fourth-order valence-corrected chi connectivity index (χ4v) is 1.18. The molecule has 0 N–H and O–H groups in total. The Bertz CT molecular complexity index is 263. The van der Waals surface area contributed by atoms with Gasteiger partial charge in [-0.2, -0.15) is 13.5 Å². The summed E-state index contributed by atoms with van der Waals surface area (Å²) < 4.78 is 24.5.